The van der Waals surface area contributed by atoms with E-state index in [-0.39, 0.29) is 38.9 Å². The van der Waals surface area contributed by atoms with Crippen LogP contribution in [0.1, 0.15) is 122 Å². The van der Waals surface area contributed by atoms with Crippen LogP contribution in [0.3, 0.4) is 0 Å². The molecule has 3 saturated heterocycles. The van der Waals surface area contributed by atoms with Crippen LogP contribution >= 0.6 is 0 Å². The highest BCUT2D eigenvalue weighted by atomic mass is 16.8. The van der Waals surface area contributed by atoms with Crippen LogP contribution < -0.4 is 27.0 Å². The maximum Gasteiger partial charge on any atom is 0.303 e. The molecule has 3 fully saturated rings. The molecule has 0 unspecified atom stereocenters. The maximum absolute atomic E-state index is 13.8. The Morgan fingerprint density at radius 1 is 0.313 bits per heavy atom. The van der Waals surface area contributed by atoms with E-state index in [1.165, 1.54) is 0 Å². The highest BCUT2D eigenvalue weighted by molar-refractivity contribution is 5.81. The van der Waals surface area contributed by atoms with Gasteiger partial charge in [-0.25, -0.2) is 0 Å². The summed E-state index contributed by atoms with van der Waals surface area (Å²) in [4.78, 5) is 201. The molecule has 0 radical (unpaired) electrons. The standard InChI is InChI=1S/C60H89N5O34/c1-29(66)85-26-41-48(88-32(4)69)51(91-35(7)72)54(94-38(10)75)57(97-41)82-22-19-62-44(78)13-16-60(65-47(81)25-61,17-14-45(79)63-20-23-83-58-55(95-39(11)76)52(92-36(8)73)49(89-33(5)70)42(98-58)27-86-30(2)67)18-15-46(80)64-21-24-84-59-56(96-40(12)77)53(93-37(9)74)50(90-34(6)71)43(99-59)28-87-31(3)68/h41-43,48-59H,13-28,61H2,1-12H3,(H,62,78)(H,63,79)(H,64,80)(H,65,81)/t41-,42-,43-,48-,49-,50-,51+,52+,53+,54-,55-,56-,57-,58-,59-/m1/s1. The number of ether oxygens (including phenoxy) is 18. The van der Waals surface area contributed by atoms with Crippen LogP contribution in [-0.4, -0.2) is 259 Å². The smallest absolute Gasteiger partial charge is 0.303 e. The molecule has 0 aromatic rings. The molecular weight excluding hydrogens is 1330 g/mol. The lowest BCUT2D eigenvalue weighted by Gasteiger charge is -2.44. The van der Waals surface area contributed by atoms with Gasteiger partial charge in [-0.3, -0.25) is 76.7 Å². The summed E-state index contributed by atoms with van der Waals surface area (Å²) in [5.74, 6) is -13.2. The highest BCUT2D eigenvalue weighted by Crippen LogP contribution is 2.34. The molecular formula is C60H89N5O34. The van der Waals surface area contributed by atoms with Gasteiger partial charge in [-0.15, -0.1) is 0 Å². The molecule has 39 heteroatoms. The molecule has 6 N–H and O–H groups in total. The Labute approximate surface area is 567 Å². The predicted octanol–water partition coefficient (Wildman–Crippen LogP) is -3.21. The molecule has 0 spiro atoms. The second-order valence-corrected chi connectivity index (χ2v) is 22.4. The van der Waals surface area contributed by atoms with E-state index in [1.54, 1.807) is 0 Å². The summed E-state index contributed by atoms with van der Waals surface area (Å²) in [5, 5.41) is 10.6. The second kappa shape index (κ2) is 42.3. The van der Waals surface area contributed by atoms with Gasteiger partial charge >= 0.3 is 71.6 Å². The number of hydrogen-bond donors (Lipinski definition) is 5. The first kappa shape index (κ1) is 84.5. The van der Waals surface area contributed by atoms with Crippen LogP contribution in [0.15, 0.2) is 0 Å². The molecule has 0 bridgehead atoms. The van der Waals surface area contributed by atoms with Gasteiger partial charge in [-0.05, 0) is 19.3 Å². The summed E-state index contributed by atoms with van der Waals surface area (Å²) >= 11 is 0. The molecule has 0 aliphatic carbocycles. The average molecular weight is 1420 g/mol. The predicted molar refractivity (Wildman–Crippen MR) is 320 cm³/mol. The van der Waals surface area contributed by atoms with Crippen molar-refractivity contribution in [2.75, 3.05) is 65.8 Å². The third kappa shape index (κ3) is 30.9. The van der Waals surface area contributed by atoms with Gasteiger partial charge in [0.2, 0.25) is 23.6 Å². The number of esters is 12. The second-order valence-electron chi connectivity index (χ2n) is 22.4. The fraction of sp³-hybridized carbons (Fsp3) is 0.733. The Morgan fingerprint density at radius 3 is 0.747 bits per heavy atom. The van der Waals surface area contributed by atoms with Crippen LogP contribution in [0.4, 0.5) is 0 Å². The zero-order valence-corrected chi connectivity index (χ0v) is 56.9. The van der Waals surface area contributed by atoms with Gasteiger partial charge in [0.1, 0.15) is 38.1 Å². The molecule has 3 aliphatic heterocycles. The van der Waals surface area contributed by atoms with Crippen LogP contribution in [-0.2, 0) is 162 Å². The molecule has 15 atom stereocenters. The lowest BCUT2D eigenvalue weighted by Crippen LogP contribution is -2.63. The van der Waals surface area contributed by atoms with Crippen LogP contribution in [0.2, 0.25) is 0 Å². The summed E-state index contributed by atoms with van der Waals surface area (Å²) in [7, 11) is 0. The highest BCUT2D eigenvalue weighted by Gasteiger charge is 2.56. The first-order valence-corrected chi connectivity index (χ1v) is 31.1. The first-order chi connectivity index (χ1) is 46.5. The lowest BCUT2D eigenvalue weighted by molar-refractivity contribution is -0.307. The van der Waals surface area contributed by atoms with E-state index in [9.17, 15) is 76.7 Å². The van der Waals surface area contributed by atoms with E-state index in [0.29, 0.717) is 0 Å². The fourth-order valence-electron chi connectivity index (χ4n) is 10.3. The van der Waals surface area contributed by atoms with Crippen molar-refractivity contribution in [2.24, 2.45) is 5.73 Å². The molecule has 4 amide bonds. The summed E-state index contributed by atoms with van der Waals surface area (Å²) in [5.41, 5.74) is 4.16. The SMILES string of the molecule is CC(=O)OC[C@H]1O[C@@H](OCCNC(=O)CCC(CCC(=O)NCCO[C@@H]2O[C@H](COC(C)=O)[C@@H](OC(C)=O)[C@H](OC(C)=O)[C@H]2OC(C)=O)(CCC(=O)NCCO[C@@H]2O[C@H](COC(C)=O)[C@@H](OC(C)=O)[C@H](OC(C)=O)[C@H]2OC(C)=O)NC(=O)CN)[C@H](OC(C)=O)[C@@H](OC(C)=O)[C@@H]1OC(C)=O. The largest absolute Gasteiger partial charge is 0.463 e. The Kier molecular flexibility index (Phi) is 36.0. The quantitative estimate of drug-likeness (QED) is 0.0231. The van der Waals surface area contributed by atoms with Gasteiger partial charge in [0.25, 0.3) is 0 Å². The minimum absolute atomic E-state index is 0.288. The van der Waals surface area contributed by atoms with E-state index < -0.39 is 258 Å². The Bertz CT molecular complexity index is 2560. The molecule has 0 saturated carbocycles. The monoisotopic (exact) mass is 1420 g/mol. The third-order valence-electron chi connectivity index (χ3n) is 14.0. The van der Waals surface area contributed by atoms with Gasteiger partial charge in [-0.1, -0.05) is 0 Å². The van der Waals surface area contributed by atoms with Crippen molar-refractivity contribution in [2.45, 2.75) is 219 Å². The van der Waals surface area contributed by atoms with Crippen molar-refractivity contribution in [3.63, 3.8) is 0 Å². The van der Waals surface area contributed by atoms with Gasteiger partial charge in [0.05, 0.1) is 26.4 Å². The Balaban J connectivity index is 1.91. The van der Waals surface area contributed by atoms with E-state index in [1.807, 2.05) is 0 Å². The summed E-state index contributed by atoms with van der Waals surface area (Å²) < 4.78 is 99.4. The summed E-state index contributed by atoms with van der Waals surface area (Å²) in [6, 6.07) is 0. The van der Waals surface area contributed by atoms with E-state index in [0.717, 1.165) is 83.1 Å². The lowest BCUT2D eigenvalue weighted by atomic mass is 9.83. The van der Waals surface area contributed by atoms with Crippen LogP contribution in [0, 0.1) is 0 Å². The van der Waals surface area contributed by atoms with E-state index in [4.69, 9.17) is 91.0 Å². The number of nitrogens with two attached hydrogens (primary N) is 1. The number of nitrogens with one attached hydrogen (secondary N) is 4. The van der Waals surface area contributed by atoms with Gasteiger partial charge in [0, 0.05) is 128 Å². The van der Waals surface area contributed by atoms with Crippen molar-refractivity contribution in [1.29, 1.82) is 0 Å². The minimum atomic E-state index is -1.61. The van der Waals surface area contributed by atoms with Gasteiger partial charge < -0.3 is 112 Å². The molecule has 39 nitrogen and oxygen atoms in total. The number of hydrogen-bond acceptors (Lipinski definition) is 35. The Morgan fingerprint density at radius 2 is 0.535 bits per heavy atom. The van der Waals surface area contributed by atoms with E-state index >= 15 is 0 Å². The van der Waals surface area contributed by atoms with Crippen molar-refractivity contribution in [3.8, 4) is 0 Å². The number of amides is 4. The summed E-state index contributed by atoms with van der Waals surface area (Å²) in [6.45, 7) is 8.08. The molecule has 558 valence electrons. The van der Waals surface area contributed by atoms with Crippen molar-refractivity contribution >= 4 is 95.3 Å². The topological polar surface area (TPSA) is 513 Å². The number of rotatable bonds is 38. The molecule has 0 aromatic carbocycles. The first-order valence-electron chi connectivity index (χ1n) is 31.1. The molecule has 3 rings (SSSR count). The van der Waals surface area contributed by atoms with Crippen molar-refractivity contribution in [1.82, 2.24) is 21.3 Å². The normalized spacial score (nSPS) is 24.8. The number of carbonyl (C=O) groups is 16. The van der Waals surface area contributed by atoms with Crippen molar-refractivity contribution < 1.29 is 162 Å². The number of carbonyl (C=O) groups excluding carboxylic acids is 16. The molecule has 99 heavy (non-hydrogen) atoms. The minimum Gasteiger partial charge on any atom is -0.463 e. The molecule has 3 heterocycles. The van der Waals surface area contributed by atoms with Crippen LogP contribution in [0.25, 0.3) is 0 Å². The van der Waals surface area contributed by atoms with Gasteiger partial charge in [-0.2, -0.15) is 0 Å². The average Bonchev–Trinajstić information content (AvgIpc) is 0.803. The molecule has 3 aliphatic rings. The maximum atomic E-state index is 13.8. The van der Waals surface area contributed by atoms with E-state index in [2.05, 4.69) is 21.3 Å². The fourth-order valence-corrected chi connectivity index (χ4v) is 10.3. The zero-order chi connectivity index (χ0) is 74.3. The van der Waals surface area contributed by atoms with Gasteiger partial charge in [0.15, 0.2) is 73.8 Å². The third-order valence-corrected chi connectivity index (χ3v) is 14.0. The molecule has 0 aromatic heterocycles. The zero-order valence-electron chi connectivity index (χ0n) is 56.9. The summed E-state index contributed by atoms with van der Waals surface area (Å²) in [6.07, 6.45) is -24.9. The van der Waals surface area contributed by atoms with Crippen LogP contribution in [0.5, 0.6) is 0 Å². The Hall–Kier alpha value is -8.76. The van der Waals surface area contributed by atoms with Crippen molar-refractivity contribution in [3.05, 3.63) is 0 Å².